The molecule has 0 saturated carbocycles. The van der Waals surface area contributed by atoms with Crippen molar-refractivity contribution in [1.29, 1.82) is 0 Å². The lowest BCUT2D eigenvalue weighted by Gasteiger charge is -2.27. The summed E-state index contributed by atoms with van der Waals surface area (Å²) in [5.41, 5.74) is 2.94. The molecule has 1 aliphatic rings. The average Bonchev–Trinajstić information content (AvgIpc) is 3.07. The Balaban J connectivity index is 1.84. The van der Waals surface area contributed by atoms with Gasteiger partial charge in [0.2, 0.25) is 0 Å². The molecular formula is C20H18ClN3O2. The molecule has 0 saturated heterocycles. The molecule has 0 radical (unpaired) electrons. The van der Waals surface area contributed by atoms with E-state index in [4.69, 9.17) is 21.1 Å². The second-order valence-corrected chi connectivity index (χ2v) is 6.31. The van der Waals surface area contributed by atoms with Crippen LogP contribution in [0.2, 0.25) is 5.02 Å². The van der Waals surface area contributed by atoms with Crippen LogP contribution in [0.3, 0.4) is 0 Å². The Morgan fingerprint density at radius 2 is 1.85 bits per heavy atom. The molecule has 2 aromatic carbocycles. The standard InChI is InChI=1S/C20H18ClN3O2/c1-25-15-9-10-16(18(12-15)26-2)19-23-17-4-3-11-22-20(17)24(19)14-7-5-13(21)6-8-14/h3-12,19,23H,1-2H3. The first kappa shape index (κ1) is 16.5. The van der Waals surface area contributed by atoms with Crippen molar-refractivity contribution in [2.24, 2.45) is 0 Å². The fraction of sp³-hybridized carbons (Fsp3) is 0.150. The number of benzene rings is 2. The van der Waals surface area contributed by atoms with E-state index in [-0.39, 0.29) is 6.17 Å². The van der Waals surface area contributed by atoms with Gasteiger partial charge in [-0.1, -0.05) is 11.6 Å². The monoisotopic (exact) mass is 367 g/mol. The number of aromatic nitrogens is 1. The summed E-state index contributed by atoms with van der Waals surface area (Å²) in [6.07, 6.45) is 1.62. The molecule has 2 heterocycles. The highest BCUT2D eigenvalue weighted by atomic mass is 35.5. The summed E-state index contributed by atoms with van der Waals surface area (Å²) >= 11 is 6.07. The zero-order chi connectivity index (χ0) is 18.1. The third-order valence-electron chi connectivity index (χ3n) is 4.41. The Labute approximate surface area is 157 Å². The number of methoxy groups -OCH3 is 2. The summed E-state index contributed by atoms with van der Waals surface area (Å²) in [6, 6.07) is 17.5. The third-order valence-corrected chi connectivity index (χ3v) is 4.66. The molecule has 0 amide bonds. The topological polar surface area (TPSA) is 46.6 Å². The van der Waals surface area contributed by atoms with Gasteiger partial charge < -0.3 is 14.8 Å². The van der Waals surface area contributed by atoms with Crippen LogP contribution in [0.4, 0.5) is 17.2 Å². The number of hydrogen-bond acceptors (Lipinski definition) is 5. The van der Waals surface area contributed by atoms with Crippen LogP contribution in [-0.2, 0) is 0 Å². The number of hydrogen-bond donors (Lipinski definition) is 1. The van der Waals surface area contributed by atoms with Gasteiger partial charge in [0.15, 0.2) is 5.82 Å². The van der Waals surface area contributed by atoms with Crippen molar-refractivity contribution in [3.63, 3.8) is 0 Å². The van der Waals surface area contributed by atoms with Gasteiger partial charge in [0.25, 0.3) is 0 Å². The van der Waals surface area contributed by atoms with E-state index < -0.39 is 0 Å². The minimum Gasteiger partial charge on any atom is -0.497 e. The largest absolute Gasteiger partial charge is 0.497 e. The van der Waals surface area contributed by atoms with E-state index in [0.29, 0.717) is 5.02 Å². The molecule has 3 aromatic rings. The highest BCUT2D eigenvalue weighted by Gasteiger charge is 2.34. The predicted molar refractivity (Wildman–Crippen MR) is 104 cm³/mol. The Morgan fingerprint density at radius 1 is 1.04 bits per heavy atom. The lowest BCUT2D eigenvalue weighted by Crippen LogP contribution is -2.24. The first-order valence-corrected chi connectivity index (χ1v) is 8.57. The number of nitrogens with one attached hydrogen (secondary N) is 1. The molecule has 0 bridgehead atoms. The smallest absolute Gasteiger partial charge is 0.158 e. The van der Waals surface area contributed by atoms with Gasteiger partial charge in [-0.15, -0.1) is 0 Å². The maximum atomic E-state index is 6.07. The quantitative estimate of drug-likeness (QED) is 0.702. The fourth-order valence-electron chi connectivity index (χ4n) is 3.17. The minimum atomic E-state index is -0.165. The van der Waals surface area contributed by atoms with E-state index in [1.807, 2.05) is 54.6 Å². The Kier molecular flexibility index (Phi) is 4.31. The van der Waals surface area contributed by atoms with Crippen LogP contribution in [0.25, 0.3) is 0 Å². The number of pyridine rings is 1. The van der Waals surface area contributed by atoms with Gasteiger partial charge in [0, 0.05) is 28.5 Å². The molecule has 0 aliphatic carbocycles. The molecular weight excluding hydrogens is 350 g/mol. The molecule has 0 spiro atoms. The van der Waals surface area contributed by atoms with Crippen LogP contribution in [0, 0.1) is 0 Å². The SMILES string of the molecule is COc1ccc(C2Nc3cccnc3N2c2ccc(Cl)cc2)c(OC)c1. The first-order chi connectivity index (χ1) is 12.7. The molecule has 1 unspecified atom stereocenters. The van der Waals surface area contributed by atoms with Gasteiger partial charge in [0.05, 0.1) is 19.9 Å². The predicted octanol–water partition coefficient (Wildman–Crippen LogP) is 5.01. The van der Waals surface area contributed by atoms with Gasteiger partial charge in [-0.25, -0.2) is 4.98 Å². The van der Waals surface area contributed by atoms with E-state index in [9.17, 15) is 0 Å². The van der Waals surface area contributed by atoms with Gasteiger partial charge in [-0.3, -0.25) is 4.90 Å². The van der Waals surface area contributed by atoms with Gasteiger partial charge >= 0.3 is 0 Å². The maximum Gasteiger partial charge on any atom is 0.158 e. The van der Waals surface area contributed by atoms with Crippen molar-refractivity contribution in [2.75, 3.05) is 24.4 Å². The molecule has 132 valence electrons. The van der Waals surface area contributed by atoms with E-state index in [2.05, 4.69) is 15.2 Å². The molecule has 5 nitrogen and oxygen atoms in total. The van der Waals surface area contributed by atoms with E-state index in [1.165, 1.54) is 0 Å². The van der Waals surface area contributed by atoms with Crippen molar-refractivity contribution in [1.82, 2.24) is 4.98 Å². The summed E-state index contributed by atoms with van der Waals surface area (Å²) in [6.45, 7) is 0. The van der Waals surface area contributed by atoms with E-state index in [0.717, 1.165) is 34.3 Å². The molecule has 0 fully saturated rings. The summed E-state index contributed by atoms with van der Waals surface area (Å²) < 4.78 is 10.9. The molecule has 6 heteroatoms. The highest BCUT2D eigenvalue weighted by molar-refractivity contribution is 6.30. The lowest BCUT2D eigenvalue weighted by atomic mass is 10.1. The number of fused-ring (bicyclic) bond motifs is 1. The molecule has 26 heavy (non-hydrogen) atoms. The van der Waals surface area contributed by atoms with Crippen LogP contribution in [0.5, 0.6) is 11.5 Å². The van der Waals surface area contributed by atoms with Crippen molar-refractivity contribution in [3.8, 4) is 11.5 Å². The van der Waals surface area contributed by atoms with Gasteiger partial charge in [0.1, 0.15) is 17.7 Å². The molecule has 4 rings (SSSR count). The Hall–Kier alpha value is -2.92. The normalized spacial score (nSPS) is 15.3. The van der Waals surface area contributed by atoms with Gasteiger partial charge in [-0.2, -0.15) is 0 Å². The van der Waals surface area contributed by atoms with Gasteiger partial charge in [-0.05, 0) is 48.5 Å². The summed E-state index contributed by atoms with van der Waals surface area (Å²) in [7, 11) is 3.30. The van der Waals surface area contributed by atoms with Crippen LogP contribution in [0.15, 0.2) is 60.8 Å². The van der Waals surface area contributed by atoms with Crippen LogP contribution < -0.4 is 19.7 Å². The Morgan fingerprint density at radius 3 is 2.58 bits per heavy atom. The van der Waals surface area contributed by atoms with E-state index in [1.54, 1.807) is 20.4 Å². The lowest BCUT2D eigenvalue weighted by molar-refractivity contribution is 0.389. The summed E-state index contributed by atoms with van der Waals surface area (Å²) in [5, 5.41) is 4.23. The summed E-state index contributed by atoms with van der Waals surface area (Å²) in [4.78, 5) is 6.70. The zero-order valence-electron chi connectivity index (χ0n) is 14.4. The second-order valence-electron chi connectivity index (χ2n) is 5.88. The highest BCUT2D eigenvalue weighted by Crippen LogP contribution is 2.46. The Bertz CT molecular complexity index is 931. The van der Waals surface area contributed by atoms with Crippen LogP contribution >= 0.6 is 11.6 Å². The van der Waals surface area contributed by atoms with Crippen molar-refractivity contribution >= 4 is 28.8 Å². The number of ether oxygens (including phenoxy) is 2. The molecule has 1 N–H and O–H groups in total. The van der Waals surface area contributed by atoms with E-state index >= 15 is 0 Å². The first-order valence-electron chi connectivity index (χ1n) is 8.19. The molecule has 1 aromatic heterocycles. The summed E-state index contributed by atoms with van der Waals surface area (Å²) in [5.74, 6) is 2.35. The fourth-order valence-corrected chi connectivity index (χ4v) is 3.30. The zero-order valence-corrected chi connectivity index (χ0v) is 15.2. The number of nitrogens with zero attached hydrogens (tertiary/aromatic N) is 2. The number of halogens is 1. The van der Waals surface area contributed by atoms with Crippen molar-refractivity contribution in [2.45, 2.75) is 6.17 Å². The minimum absolute atomic E-state index is 0.165. The molecule has 1 atom stereocenters. The van der Waals surface area contributed by atoms with Crippen molar-refractivity contribution < 1.29 is 9.47 Å². The molecule has 1 aliphatic heterocycles. The average molecular weight is 368 g/mol. The third kappa shape index (κ3) is 2.80. The van der Waals surface area contributed by atoms with Crippen LogP contribution in [0.1, 0.15) is 11.7 Å². The van der Waals surface area contributed by atoms with Crippen molar-refractivity contribution in [3.05, 3.63) is 71.4 Å². The number of rotatable bonds is 4. The van der Waals surface area contributed by atoms with Crippen LogP contribution in [-0.4, -0.2) is 19.2 Å². The number of anilines is 3. The maximum absolute atomic E-state index is 6.07. The second kappa shape index (κ2) is 6.77.